The Morgan fingerprint density at radius 1 is 1.28 bits per heavy atom. The van der Waals surface area contributed by atoms with E-state index in [2.05, 4.69) is 0 Å². The second-order valence-electron chi connectivity index (χ2n) is 7.14. The molecule has 5 nitrogen and oxygen atoms in total. The van der Waals surface area contributed by atoms with E-state index in [-0.39, 0.29) is 11.4 Å². The maximum absolute atomic E-state index is 13.3. The van der Waals surface area contributed by atoms with Gasteiger partial charge in [0.2, 0.25) is 0 Å². The van der Waals surface area contributed by atoms with E-state index in [0.717, 1.165) is 0 Å². The van der Waals surface area contributed by atoms with Gasteiger partial charge in [-0.1, -0.05) is 32.9 Å². The molecular weight excluding hydrogens is 325 g/mol. The van der Waals surface area contributed by atoms with Crippen LogP contribution in [-0.4, -0.2) is 42.0 Å². The first-order chi connectivity index (χ1) is 11.7. The van der Waals surface area contributed by atoms with Crippen molar-refractivity contribution in [2.45, 2.75) is 33.2 Å². The van der Waals surface area contributed by atoms with E-state index >= 15 is 0 Å². The third kappa shape index (κ3) is 3.90. The lowest BCUT2D eigenvalue weighted by Gasteiger charge is -2.28. The van der Waals surface area contributed by atoms with Crippen LogP contribution in [0.2, 0.25) is 0 Å². The topological polar surface area (TPSA) is 66.8 Å². The van der Waals surface area contributed by atoms with Gasteiger partial charge in [-0.2, -0.15) is 0 Å². The molecule has 0 saturated heterocycles. The smallest absolute Gasteiger partial charge is 0.290 e. The highest BCUT2D eigenvalue weighted by Crippen LogP contribution is 2.40. The Labute approximate surface area is 147 Å². The van der Waals surface area contributed by atoms with Gasteiger partial charge in [-0.15, -0.1) is 0 Å². The lowest BCUT2D eigenvalue weighted by Crippen LogP contribution is -2.34. The zero-order valence-corrected chi connectivity index (χ0v) is 15.0. The van der Waals surface area contributed by atoms with Crippen LogP contribution in [0.15, 0.2) is 35.6 Å². The van der Waals surface area contributed by atoms with Crippen molar-refractivity contribution in [1.29, 1.82) is 0 Å². The van der Waals surface area contributed by atoms with E-state index in [4.69, 9.17) is 4.74 Å². The summed E-state index contributed by atoms with van der Waals surface area (Å²) in [6, 6.07) is 4.90. The molecule has 1 aliphatic rings. The summed E-state index contributed by atoms with van der Waals surface area (Å²) in [5, 5.41) is 10.4. The summed E-state index contributed by atoms with van der Waals surface area (Å²) in [6.07, 6.45) is 0.560. The third-order valence-electron chi connectivity index (χ3n) is 4.16. The van der Waals surface area contributed by atoms with Gasteiger partial charge in [-0.3, -0.25) is 9.59 Å². The van der Waals surface area contributed by atoms with Gasteiger partial charge in [-0.05, 0) is 24.1 Å². The van der Waals surface area contributed by atoms with Crippen molar-refractivity contribution in [1.82, 2.24) is 4.90 Å². The van der Waals surface area contributed by atoms with Crippen molar-refractivity contribution in [3.05, 3.63) is 47.0 Å². The van der Waals surface area contributed by atoms with Crippen LogP contribution in [0.4, 0.5) is 4.39 Å². The summed E-state index contributed by atoms with van der Waals surface area (Å²) >= 11 is 0. The number of aliphatic hydroxyl groups is 1. The van der Waals surface area contributed by atoms with E-state index in [9.17, 15) is 19.1 Å². The van der Waals surface area contributed by atoms with E-state index in [1.54, 1.807) is 27.9 Å². The number of rotatable bonds is 6. The Kier molecular flexibility index (Phi) is 5.62. The van der Waals surface area contributed by atoms with Crippen LogP contribution in [0.5, 0.6) is 0 Å². The van der Waals surface area contributed by atoms with Crippen molar-refractivity contribution >= 4 is 11.7 Å². The molecule has 0 bridgehead atoms. The predicted molar refractivity (Wildman–Crippen MR) is 91.5 cm³/mol. The molecule has 1 N–H and O–H groups in total. The summed E-state index contributed by atoms with van der Waals surface area (Å²) < 4.78 is 18.3. The molecule has 6 heteroatoms. The number of carbonyl (C=O) groups excluding carboxylic acids is 2. The Balaban J connectivity index is 2.48. The first kappa shape index (κ1) is 19.1. The number of ether oxygens (including phenoxy) is 1. The second-order valence-corrected chi connectivity index (χ2v) is 7.14. The van der Waals surface area contributed by atoms with Gasteiger partial charge in [0.1, 0.15) is 5.82 Å². The molecule has 0 radical (unpaired) electrons. The molecule has 0 aromatic heterocycles. The van der Waals surface area contributed by atoms with Gasteiger partial charge >= 0.3 is 0 Å². The van der Waals surface area contributed by atoms with Crippen molar-refractivity contribution in [3.63, 3.8) is 0 Å². The average Bonchev–Trinajstić information content (AvgIpc) is 2.79. The SMILES string of the molecule is COCCCN1C(=O)C(O)=C(C(=O)C(C)(C)C)C1c1ccc(F)cc1. The highest BCUT2D eigenvalue weighted by molar-refractivity contribution is 6.10. The maximum Gasteiger partial charge on any atom is 0.290 e. The van der Waals surface area contributed by atoms with Gasteiger partial charge in [0.15, 0.2) is 11.5 Å². The summed E-state index contributed by atoms with van der Waals surface area (Å²) in [4.78, 5) is 26.8. The molecule has 136 valence electrons. The minimum atomic E-state index is -0.760. The molecule has 0 saturated carbocycles. The molecule has 1 heterocycles. The molecular formula is C19H24FNO4. The van der Waals surface area contributed by atoms with Gasteiger partial charge in [0.05, 0.1) is 11.6 Å². The number of carbonyl (C=O) groups is 2. The van der Waals surface area contributed by atoms with Crippen LogP contribution in [0, 0.1) is 11.2 Å². The number of benzene rings is 1. The number of amides is 1. The Morgan fingerprint density at radius 3 is 2.40 bits per heavy atom. The van der Waals surface area contributed by atoms with Crippen LogP contribution in [0.25, 0.3) is 0 Å². The van der Waals surface area contributed by atoms with E-state index in [1.807, 2.05) is 0 Å². The summed E-state index contributed by atoms with van der Waals surface area (Å²) in [5.41, 5.74) is -0.102. The molecule has 0 aliphatic carbocycles. The van der Waals surface area contributed by atoms with Crippen molar-refractivity contribution < 1.29 is 23.8 Å². The van der Waals surface area contributed by atoms with Crippen molar-refractivity contribution in [2.24, 2.45) is 5.41 Å². The fourth-order valence-electron chi connectivity index (χ4n) is 2.89. The maximum atomic E-state index is 13.3. The number of Topliss-reactive ketones (excluding diaryl/α,β-unsaturated/α-hetero) is 1. The second kappa shape index (κ2) is 7.35. The zero-order chi connectivity index (χ0) is 18.8. The fourth-order valence-corrected chi connectivity index (χ4v) is 2.89. The minimum Gasteiger partial charge on any atom is -0.503 e. The fraction of sp³-hybridized carbons (Fsp3) is 0.474. The van der Waals surface area contributed by atoms with Crippen molar-refractivity contribution in [2.75, 3.05) is 20.3 Å². The molecule has 1 aliphatic heterocycles. The Hall–Kier alpha value is -2.21. The van der Waals surface area contributed by atoms with E-state index in [1.165, 1.54) is 29.2 Å². The third-order valence-corrected chi connectivity index (χ3v) is 4.16. The Morgan fingerprint density at radius 2 is 1.88 bits per heavy atom. The van der Waals surface area contributed by atoms with E-state index < -0.39 is 28.9 Å². The molecule has 1 aromatic carbocycles. The van der Waals surface area contributed by atoms with Gasteiger partial charge in [0.25, 0.3) is 5.91 Å². The highest BCUT2D eigenvalue weighted by Gasteiger charge is 2.45. The monoisotopic (exact) mass is 349 g/mol. The number of aliphatic hydroxyl groups excluding tert-OH is 1. The number of methoxy groups -OCH3 is 1. The summed E-state index contributed by atoms with van der Waals surface area (Å²) in [7, 11) is 1.56. The number of halogens is 1. The Bertz CT molecular complexity index is 688. The van der Waals surface area contributed by atoms with Crippen LogP contribution in [-0.2, 0) is 14.3 Å². The predicted octanol–water partition coefficient (Wildman–Crippen LogP) is 3.17. The molecule has 0 fully saturated rings. The quantitative estimate of drug-likeness (QED) is 0.801. The molecule has 1 amide bonds. The number of hydrogen-bond acceptors (Lipinski definition) is 4. The number of nitrogens with zero attached hydrogens (tertiary/aromatic N) is 1. The first-order valence-electron chi connectivity index (χ1n) is 8.21. The van der Waals surface area contributed by atoms with Gasteiger partial charge < -0.3 is 14.7 Å². The lowest BCUT2D eigenvalue weighted by molar-refractivity contribution is -0.129. The largest absolute Gasteiger partial charge is 0.503 e. The molecule has 1 atom stereocenters. The first-order valence-corrected chi connectivity index (χ1v) is 8.21. The molecule has 1 aromatic rings. The molecule has 2 rings (SSSR count). The molecule has 25 heavy (non-hydrogen) atoms. The lowest BCUT2D eigenvalue weighted by atomic mass is 9.82. The number of ketones is 1. The standard InChI is InChI=1S/C19H24FNO4/c1-19(2,3)17(23)14-15(12-6-8-13(20)9-7-12)21(10-5-11-25-4)18(24)16(14)22/h6-9,15,22H,5,10-11H2,1-4H3. The normalized spacial score (nSPS) is 18.2. The average molecular weight is 349 g/mol. The van der Waals surface area contributed by atoms with Crippen molar-refractivity contribution in [3.8, 4) is 0 Å². The van der Waals surface area contributed by atoms with Crippen LogP contribution >= 0.6 is 0 Å². The molecule has 1 unspecified atom stereocenters. The van der Waals surface area contributed by atoms with Gasteiger partial charge in [0, 0.05) is 25.7 Å². The summed E-state index contributed by atoms with van der Waals surface area (Å²) in [6.45, 7) is 5.96. The van der Waals surface area contributed by atoms with E-state index in [0.29, 0.717) is 25.1 Å². The number of hydrogen-bond donors (Lipinski definition) is 1. The van der Waals surface area contributed by atoms with Crippen LogP contribution in [0.3, 0.4) is 0 Å². The molecule has 0 spiro atoms. The minimum absolute atomic E-state index is 0.0709. The summed E-state index contributed by atoms with van der Waals surface area (Å²) in [5.74, 6) is -1.82. The zero-order valence-electron chi connectivity index (χ0n) is 15.0. The van der Waals surface area contributed by atoms with Crippen LogP contribution < -0.4 is 0 Å². The highest BCUT2D eigenvalue weighted by atomic mass is 19.1. The van der Waals surface area contributed by atoms with Gasteiger partial charge in [-0.25, -0.2) is 4.39 Å². The van der Waals surface area contributed by atoms with Crippen LogP contribution in [0.1, 0.15) is 38.8 Å².